The summed E-state index contributed by atoms with van der Waals surface area (Å²) in [4.78, 5) is 15.1. The van der Waals surface area contributed by atoms with Gasteiger partial charge in [-0.15, -0.1) is 0 Å². The molecule has 0 atom stereocenters. The molecule has 1 aromatic heterocycles. The fourth-order valence-electron chi connectivity index (χ4n) is 1.32. The third kappa shape index (κ3) is 3.00. The smallest absolute Gasteiger partial charge is 0.219 e. The van der Waals surface area contributed by atoms with Crippen molar-refractivity contribution in [1.29, 1.82) is 0 Å². The van der Waals surface area contributed by atoms with E-state index in [-0.39, 0.29) is 5.78 Å². The van der Waals surface area contributed by atoms with Crippen LogP contribution in [0.3, 0.4) is 0 Å². The van der Waals surface area contributed by atoms with Crippen molar-refractivity contribution in [1.82, 2.24) is 4.98 Å². The van der Waals surface area contributed by atoms with E-state index in [1.54, 1.807) is 30.3 Å². The van der Waals surface area contributed by atoms with Gasteiger partial charge in [-0.2, -0.15) is 0 Å². The molecule has 0 unspecified atom stereocenters. The maximum absolute atomic E-state index is 11.1. The number of hydrogen-bond donors (Lipinski definition) is 0. The highest BCUT2D eigenvalue weighted by molar-refractivity contribution is 6.34. The van der Waals surface area contributed by atoms with E-state index in [9.17, 15) is 4.79 Å². The van der Waals surface area contributed by atoms with Crippen LogP contribution in [0.25, 0.3) is 0 Å². The van der Waals surface area contributed by atoms with Crippen LogP contribution >= 0.6 is 23.2 Å². The molecule has 18 heavy (non-hydrogen) atoms. The number of halogens is 2. The van der Waals surface area contributed by atoms with Gasteiger partial charge in [0, 0.05) is 28.9 Å². The zero-order valence-corrected chi connectivity index (χ0v) is 11.0. The van der Waals surface area contributed by atoms with E-state index in [4.69, 9.17) is 27.9 Å². The molecule has 0 saturated heterocycles. The van der Waals surface area contributed by atoms with E-state index in [1.807, 2.05) is 0 Å². The summed E-state index contributed by atoms with van der Waals surface area (Å²) in [5.41, 5.74) is 0.527. The van der Waals surface area contributed by atoms with Crippen molar-refractivity contribution in [2.45, 2.75) is 6.92 Å². The molecule has 2 rings (SSSR count). The first-order valence-corrected chi connectivity index (χ1v) is 5.92. The first kappa shape index (κ1) is 12.9. The van der Waals surface area contributed by atoms with Crippen molar-refractivity contribution in [3.63, 3.8) is 0 Å². The van der Waals surface area contributed by atoms with Gasteiger partial charge in [-0.05, 0) is 25.1 Å². The Bertz CT molecular complexity index is 582. The fraction of sp³-hybridized carbons (Fsp3) is 0.0769. The van der Waals surface area contributed by atoms with Crippen molar-refractivity contribution < 1.29 is 9.53 Å². The maximum atomic E-state index is 11.1. The molecule has 0 bridgehead atoms. The van der Waals surface area contributed by atoms with E-state index < -0.39 is 0 Å². The molecule has 0 fully saturated rings. The lowest BCUT2D eigenvalue weighted by Crippen LogP contribution is -1.94. The molecule has 0 aliphatic carbocycles. The number of carbonyl (C=O) groups excluding carboxylic acids is 1. The zero-order valence-electron chi connectivity index (χ0n) is 9.48. The quantitative estimate of drug-likeness (QED) is 0.784. The van der Waals surface area contributed by atoms with E-state index in [1.165, 1.54) is 13.1 Å². The largest absolute Gasteiger partial charge is 0.437 e. The second kappa shape index (κ2) is 5.38. The first-order chi connectivity index (χ1) is 8.56. The minimum absolute atomic E-state index is 0.0464. The number of nitrogens with zero attached hydrogens (tertiary/aromatic N) is 1. The molecule has 0 radical (unpaired) electrons. The average molecular weight is 282 g/mol. The molecular weight excluding hydrogens is 273 g/mol. The summed E-state index contributed by atoms with van der Waals surface area (Å²) in [7, 11) is 0. The summed E-state index contributed by atoms with van der Waals surface area (Å²) >= 11 is 11.8. The van der Waals surface area contributed by atoms with Crippen LogP contribution in [0.4, 0.5) is 0 Å². The molecular formula is C13H9Cl2NO2. The number of Topliss-reactive ketones (excluding diaryl/α,β-unsaturated/α-hetero) is 1. The van der Waals surface area contributed by atoms with Crippen molar-refractivity contribution in [3.8, 4) is 11.6 Å². The minimum Gasteiger partial charge on any atom is -0.437 e. The summed E-state index contributed by atoms with van der Waals surface area (Å²) in [6.45, 7) is 1.48. The third-order valence-corrected chi connectivity index (χ3v) is 2.80. The molecule has 0 N–H and O–H groups in total. The highest BCUT2D eigenvalue weighted by Crippen LogP contribution is 2.30. The van der Waals surface area contributed by atoms with Gasteiger partial charge in [-0.3, -0.25) is 4.79 Å². The third-order valence-electron chi connectivity index (χ3n) is 2.25. The Morgan fingerprint density at radius 3 is 2.61 bits per heavy atom. The van der Waals surface area contributed by atoms with Crippen LogP contribution in [0.2, 0.25) is 10.0 Å². The summed E-state index contributed by atoms with van der Waals surface area (Å²) in [5, 5.41) is 0.964. The predicted octanol–water partition coefficient (Wildman–Crippen LogP) is 4.38. The van der Waals surface area contributed by atoms with E-state index in [0.717, 1.165) is 0 Å². The van der Waals surface area contributed by atoms with E-state index in [0.29, 0.717) is 27.2 Å². The standard InChI is InChI=1S/C13H9Cl2NO2/c1-8(17)9-2-5-13(16-7-9)18-12-6-10(14)3-4-11(12)15/h2-7H,1H3. The number of aromatic nitrogens is 1. The number of ether oxygens (including phenoxy) is 1. The van der Waals surface area contributed by atoms with Crippen molar-refractivity contribution in [3.05, 3.63) is 52.1 Å². The van der Waals surface area contributed by atoms with Crippen molar-refractivity contribution >= 4 is 29.0 Å². The SMILES string of the molecule is CC(=O)c1ccc(Oc2cc(Cl)ccc2Cl)nc1. The molecule has 1 heterocycles. The highest BCUT2D eigenvalue weighted by Gasteiger charge is 2.06. The molecule has 1 aromatic carbocycles. The maximum Gasteiger partial charge on any atom is 0.219 e. The summed E-state index contributed by atoms with van der Waals surface area (Å²) < 4.78 is 5.49. The number of carbonyl (C=O) groups is 1. The van der Waals surface area contributed by atoms with Crippen LogP contribution in [-0.4, -0.2) is 10.8 Å². The van der Waals surface area contributed by atoms with Gasteiger partial charge >= 0.3 is 0 Å². The second-order valence-corrected chi connectivity index (χ2v) is 4.46. The van der Waals surface area contributed by atoms with Gasteiger partial charge in [0.1, 0.15) is 5.75 Å². The number of ketones is 1. The van der Waals surface area contributed by atoms with Crippen molar-refractivity contribution in [2.75, 3.05) is 0 Å². The van der Waals surface area contributed by atoms with Gasteiger partial charge in [0.25, 0.3) is 0 Å². The Hall–Kier alpha value is -1.58. The molecule has 2 aromatic rings. The number of benzene rings is 1. The van der Waals surface area contributed by atoms with Crippen LogP contribution in [0.15, 0.2) is 36.5 Å². The minimum atomic E-state index is -0.0464. The number of pyridine rings is 1. The Morgan fingerprint density at radius 2 is 2.00 bits per heavy atom. The summed E-state index contributed by atoms with van der Waals surface area (Å²) in [6, 6.07) is 8.16. The van der Waals surface area contributed by atoms with Gasteiger partial charge in [0.05, 0.1) is 5.02 Å². The molecule has 0 aliphatic heterocycles. The topological polar surface area (TPSA) is 39.2 Å². The Morgan fingerprint density at radius 1 is 1.22 bits per heavy atom. The van der Waals surface area contributed by atoms with Gasteiger partial charge in [0.2, 0.25) is 5.88 Å². The molecule has 0 aliphatic rings. The average Bonchev–Trinajstić information content (AvgIpc) is 2.34. The lowest BCUT2D eigenvalue weighted by Gasteiger charge is -2.07. The molecule has 3 nitrogen and oxygen atoms in total. The first-order valence-electron chi connectivity index (χ1n) is 5.16. The van der Waals surface area contributed by atoms with Crippen LogP contribution in [0.5, 0.6) is 11.6 Å². The normalized spacial score (nSPS) is 10.2. The highest BCUT2D eigenvalue weighted by atomic mass is 35.5. The van der Waals surface area contributed by atoms with Gasteiger partial charge in [-0.25, -0.2) is 4.98 Å². The van der Waals surface area contributed by atoms with Crippen LogP contribution in [0, 0.1) is 0 Å². The van der Waals surface area contributed by atoms with E-state index in [2.05, 4.69) is 4.98 Å². The van der Waals surface area contributed by atoms with Gasteiger partial charge < -0.3 is 4.74 Å². The summed E-state index contributed by atoms with van der Waals surface area (Å²) in [6.07, 6.45) is 1.45. The van der Waals surface area contributed by atoms with Crippen molar-refractivity contribution in [2.24, 2.45) is 0 Å². The lowest BCUT2D eigenvalue weighted by atomic mass is 10.2. The predicted molar refractivity (Wildman–Crippen MR) is 70.8 cm³/mol. The van der Waals surface area contributed by atoms with Crippen LogP contribution in [0.1, 0.15) is 17.3 Å². The summed E-state index contributed by atoms with van der Waals surface area (Å²) in [5.74, 6) is 0.728. The molecule has 0 spiro atoms. The monoisotopic (exact) mass is 281 g/mol. The van der Waals surface area contributed by atoms with Crippen LogP contribution < -0.4 is 4.74 Å². The Kier molecular flexibility index (Phi) is 3.84. The van der Waals surface area contributed by atoms with Crippen LogP contribution in [-0.2, 0) is 0 Å². The van der Waals surface area contributed by atoms with Gasteiger partial charge in [-0.1, -0.05) is 23.2 Å². The van der Waals surface area contributed by atoms with E-state index >= 15 is 0 Å². The Balaban J connectivity index is 2.23. The molecule has 92 valence electrons. The molecule has 5 heteroatoms. The van der Waals surface area contributed by atoms with Gasteiger partial charge in [0.15, 0.2) is 5.78 Å². The zero-order chi connectivity index (χ0) is 13.1. The number of rotatable bonds is 3. The second-order valence-electron chi connectivity index (χ2n) is 3.62. The Labute approximate surface area is 114 Å². The molecule has 0 saturated carbocycles. The number of hydrogen-bond acceptors (Lipinski definition) is 3. The fourth-order valence-corrected chi connectivity index (χ4v) is 1.64. The lowest BCUT2D eigenvalue weighted by molar-refractivity contribution is 0.101. The molecule has 0 amide bonds.